The number of amides is 1. The Morgan fingerprint density at radius 2 is 2.00 bits per heavy atom. The summed E-state index contributed by atoms with van der Waals surface area (Å²) in [6.07, 6.45) is 1.68. The summed E-state index contributed by atoms with van der Waals surface area (Å²) in [7, 11) is 0. The highest BCUT2D eigenvalue weighted by molar-refractivity contribution is 6.31. The number of aryl methyl sites for hydroxylation is 1. The number of fused-ring (bicyclic) bond motifs is 1. The standard InChI is InChI=1S/C16H12ClFN2O3/c17-11-6-8(4-5-12(11)18)19-15(22)10-7-9-13(20-16(10)23)2-1-3-14(9)21/h4-7H,1-3H2,(H,19,22)(H,20,23). The number of rotatable bonds is 2. The first-order valence-electron chi connectivity index (χ1n) is 7.01. The van der Waals surface area contributed by atoms with Crippen LogP contribution in [0.15, 0.2) is 29.1 Å². The molecule has 5 nitrogen and oxygen atoms in total. The van der Waals surface area contributed by atoms with E-state index in [1.165, 1.54) is 18.2 Å². The number of halogens is 2. The minimum Gasteiger partial charge on any atom is -0.325 e. The zero-order valence-corrected chi connectivity index (χ0v) is 12.7. The lowest BCUT2D eigenvalue weighted by molar-refractivity contribution is 0.0971. The molecule has 1 heterocycles. The fourth-order valence-electron chi connectivity index (χ4n) is 2.52. The lowest BCUT2D eigenvalue weighted by Crippen LogP contribution is -2.27. The van der Waals surface area contributed by atoms with Gasteiger partial charge in [-0.25, -0.2) is 4.39 Å². The van der Waals surface area contributed by atoms with Gasteiger partial charge in [0.25, 0.3) is 11.5 Å². The Hall–Kier alpha value is -2.47. The Balaban J connectivity index is 1.93. The van der Waals surface area contributed by atoms with Gasteiger partial charge in [-0.15, -0.1) is 0 Å². The largest absolute Gasteiger partial charge is 0.325 e. The Bertz CT molecular complexity index is 876. The number of carbonyl (C=O) groups is 2. The number of hydrogen-bond donors (Lipinski definition) is 2. The van der Waals surface area contributed by atoms with E-state index in [2.05, 4.69) is 10.3 Å². The molecule has 1 amide bonds. The highest BCUT2D eigenvalue weighted by Crippen LogP contribution is 2.21. The summed E-state index contributed by atoms with van der Waals surface area (Å²) < 4.78 is 13.1. The van der Waals surface area contributed by atoms with Crippen molar-refractivity contribution in [3.05, 3.63) is 62.3 Å². The second kappa shape index (κ2) is 5.96. The third-order valence-corrected chi connectivity index (χ3v) is 3.97. The number of anilines is 1. The highest BCUT2D eigenvalue weighted by Gasteiger charge is 2.22. The average molecular weight is 335 g/mol. The zero-order valence-electron chi connectivity index (χ0n) is 11.9. The van der Waals surface area contributed by atoms with Gasteiger partial charge in [-0.2, -0.15) is 0 Å². The number of aromatic amines is 1. The summed E-state index contributed by atoms with van der Waals surface area (Å²) in [5.74, 6) is -1.39. The van der Waals surface area contributed by atoms with E-state index in [-0.39, 0.29) is 22.1 Å². The number of carbonyl (C=O) groups excluding carboxylic acids is 2. The van der Waals surface area contributed by atoms with Crippen LogP contribution in [0.2, 0.25) is 5.02 Å². The van der Waals surface area contributed by atoms with E-state index >= 15 is 0 Å². The molecule has 1 aromatic carbocycles. The predicted octanol–water partition coefficient (Wildman–Crippen LogP) is 2.94. The van der Waals surface area contributed by atoms with Crippen LogP contribution >= 0.6 is 11.6 Å². The van der Waals surface area contributed by atoms with Gasteiger partial charge in [0.05, 0.1) is 5.02 Å². The number of H-pyrrole nitrogens is 1. The number of nitrogens with one attached hydrogen (secondary N) is 2. The normalized spacial score (nSPS) is 13.6. The molecule has 1 aliphatic carbocycles. The molecule has 1 aliphatic rings. The Kier molecular flexibility index (Phi) is 4.00. The summed E-state index contributed by atoms with van der Waals surface area (Å²) in [5, 5.41) is 2.33. The maximum atomic E-state index is 13.1. The maximum Gasteiger partial charge on any atom is 0.261 e. The van der Waals surface area contributed by atoms with Crippen molar-refractivity contribution < 1.29 is 14.0 Å². The van der Waals surface area contributed by atoms with Gasteiger partial charge < -0.3 is 10.3 Å². The van der Waals surface area contributed by atoms with Gasteiger partial charge in [0, 0.05) is 23.4 Å². The molecule has 0 radical (unpaired) electrons. The summed E-state index contributed by atoms with van der Waals surface area (Å²) in [4.78, 5) is 38.8. The Morgan fingerprint density at radius 3 is 2.74 bits per heavy atom. The van der Waals surface area contributed by atoms with E-state index in [1.54, 1.807) is 0 Å². The van der Waals surface area contributed by atoms with E-state index in [4.69, 9.17) is 11.6 Å². The third-order valence-electron chi connectivity index (χ3n) is 3.68. The molecule has 0 atom stereocenters. The van der Waals surface area contributed by atoms with Gasteiger partial charge in [0.1, 0.15) is 11.4 Å². The zero-order chi connectivity index (χ0) is 16.6. The fraction of sp³-hybridized carbons (Fsp3) is 0.188. The van der Waals surface area contributed by atoms with Crippen molar-refractivity contribution in [2.45, 2.75) is 19.3 Å². The van der Waals surface area contributed by atoms with Gasteiger partial charge in [-0.05, 0) is 37.1 Å². The summed E-state index contributed by atoms with van der Waals surface area (Å²) >= 11 is 5.65. The number of hydrogen-bond acceptors (Lipinski definition) is 3. The Labute approximate surface area is 135 Å². The number of aromatic nitrogens is 1. The SMILES string of the molecule is O=C1CCCc2[nH]c(=O)c(C(=O)Nc3ccc(F)c(Cl)c3)cc21. The molecule has 0 bridgehead atoms. The first-order valence-corrected chi connectivity index (χ1v) is 7.39. The Morgan fingerprint density at radius 1 is 1.22 bits per heavy atom. The lowest BCUT2D eigenvalue weighted by Gasteiger charge is -2.15. The molecule has 0 unspecified atom stereocenters. The third kappa shape index (κ3) is 3.03. The van der Waals surface area contributed by atoms with Gasteiger partial charge in [-0.3, -0.25) is 14.4 Å². The molecule has 2 aromatic rings. The number of pyridine rings is 1. The van der Waals surface area contributed by atoms with Crippen molar-refractivity contribution in [1.82, 2.24) is 4.98 Å². The molecule has 0 aliphatic heterocycles. The van der Waals surface area contributed by atoms with Gasteiger partial charge in [-0.1, -0.05) is 11.6 Å². The van der Waals surface area contributed by atoms with Crippen LogP contribution < -0.4 is 10.9 Å². The molecular formula is C16H12ClFN2O3. The van der Waals surface area contributed by atoms with Crippen molar-refractivity contribution in [3.63, 3.8) is 0 Å². The lowest BCUT2D eigenvalue weighted by atomic mass is 9.93. The first kappa shape index (κ1) is 15.4. The monoisotopic (exact) mass is 334 g/mol. The van der Waals surface area contributed by atoms with Crippen molar-refractivity contribution in [1.29, 1.82) is 0 Å². The average Bonchev–Trinajstić information content (AvgIpc) is 2.50. The molecular weight excluding hydrogens is 323 g/mol. The van der Waals surface area contributed by atoms with E-state index in [1.807, 2.05) is 0 Å². The molecule has 118 valence electrons. The predicted molar refractivity (Wildman–Crippen MR) is 83.7 cm³/mol. The number of benzene rings is 1. The first-order chi connectivity index (χ1) is 11.0. The van der Waals surface area contributed by atoms with Gasteiger partial charge >= 0.3 is 0 Å². The van der Waals surface area contributed by atoms with Crippen LogP contribution in [-0.4, -0.2) is 16.7 Å². The highest BCUT2D eigenvalue weighted by atomic mass is 35.5. The summed E-state index contributed by atoms with van der Waals surface area (Å²) in [5.41, 5.74) is 0.458. The molecule has 0 saturated carbocycles. The van der Waals surface area contributed by atoms with E-state index in [0.717, 1.165) is 6.07 Å². The molecule has 7 heteroatoms. The maximum absolute atomic E-state index is 13.1. The molecule has 0 fully saturated rings. The quantitative estimate of drug-likeness (QED) is 0.886. The van der Waals surface area contributed by atoms with Crippen LogP contribution in [-0.2, 0) is 6.42 Å². The minimum atomic E-state index is -0.685. The summed E-state index contributed by atoms with van der Waals surface area (Å²) in [6.45, 7) is 0. The summed E-state index contributed by atoms with van der Waals surface area (Å²) in [6, 6.07) is 5.00. The number of ketones is 1. The molecule has 23 heavy (non-hydrogen) atoms. The van der Waals surface area contributed by atoms with Crippen LogP contribution in [0.3, 0.4) is 0 Å². The van der Waals surface area contributed by atoms with Crippen LogP contribution in [0.4, 0.5) is 10.1 Å². The van der Waals surface area contributed by atoms with Crippen molar-refractivity contribution in [2.75, 3.05) is 5.32 Å². The second-order valence-corrected chi connectivity index (χ2v) is 5.67. The van der Waals surface area contributed by atoms with Crippen LogP contribution in [0.1, 0.15) is 39.3 Å². The second-order valence-electron chi connectivity index (χ2n) is 5.26. The minimum absolute atomic E-state index is 0.0959. The van der Waals surface area contributed by atoms with E-state index < -0.39 is 17.3 Å². The molecule has 1 aromatic heterocycles. The van der Waals surface area contributed by atoms with Gasteiger partial charge in [0.2, 0.25) is 0 Å². The van der Waals surface area contributed by atoms with Crippen LogP contribution in [0.25, 0.3) is 0 Å². The number of Topliss-reactive ketones (excluding diaryl/α,β-unsaturated/α-hetero) is 1. The molecule has 0 spiro atoms. The van der Waals surface area contributed by atoms with Crippen LogP contribution in [0, 0.1) is 5.82 Å². The van der Waals surface area contributed by atoms with Crippen molar-refractivity contribution in [2.24, 2.45) is 0 Å². The van der Waals surface area contributed by atoms with Gasteiger partial charge in [0.15, 0.2) is 5.78 Å². The van der Waals surface area contributed by atoms with Crippen molar-refractivity contribution in [3.8, 4) is 0 Å². The van der Waals surface area contributed by atoms with Crippen LogP contribution in [0.5, 0.6) is 0 Å². The molecule has 3 rings (SSSR count). The van der Waals surface area contributed by atoms with E-state index in [0.29, 0.717) is 30.5 Å². The fourth-order valence-corrected chi connectivity index (χ4v) is 2.70. The smallest absolute Gasteiger partial charge is 0.261 e. The topological polar surface area (TPSA) is 79.0 Å². The van der Waals surface area contributed by atoms with E-state index in [9.17, 15) is 18.8 Å². The van der Waals surface area contributed by atoms with Crippen molar-refractivity contribution >= 4 is 29.0 Å². The molecule has 2 N–H and O–H groups in total. The molecule has 0 saturated heterocycles.